The number of hydrogen-bond donors (Lipinski definition) is 4. The first-order valence-electron chi connectivity index (χ1n) is 14.0. The fourth-order valence-corrected chi connectivity index (χ4v) is 5.56. The average Bonchev–Trinajstić information content (AvgIpc) is 3.39. The van der Waals surface area contributed by atoms with Gasteiger partial charge in [0.15, 0.2) is 0 Å². The Bertz CT molecular complexity index is 1250. The summed E-state index contributed by atoms with van der Waals surface area (Å²) in [4.78, 5) is 26.2. The van der Waals surface area contributed by atoms with E-state index in [0.29, 0.717) is 11.1 Å². The minimum atomic E-state index is -2.88. The lowest BCUT2D eigenvalue weighted by molar-refractivity contribution is -0.902. The van der Waals surface area contributed by atoms with Crippen LogP contribution in [-0.4, -0.2) is 73.1 Å². The van der Waals surface area contributed by atoms with E-state index in [9.17, 15) is 37.5 Å². The predicted molar refractivity (Wildman–Crippen MR) is 148 cm³/mol. The summed E-state index contributed by atoms with van der Waals surface area (Å²) in [5, 5.41) is 31.7. The molecule has 2 unspecified atom stereocenters. The number of nitrogens with zero attached hydrogens (tertiary/aromatic N) is 1. The van der Waals surface area contributed by atoms with Crippen molar-refractivity contribution in [3.63, 3.8) is 0 Å². The number of alkyl carbamates (subject to hydrolysis) is 1. The van der Waals surface area contributed by atoms with Crippen LogP contribution in [0.2, 0.25) is 0 Å². The molecule has 4 atom stereocenters. The predicted octanol–water partition coefficient (Wildman–Crippen LogP) is 4.65. The van der Waals surface area contributed by atoms with Gasteiger partial charge in [-0.1, -0.05) is 30.3 Å². The van der Waals surface area contributed by atoms with Gasteiger partial charge in [0.05, 0.1) is 5.69 Å². The zero-order valence-electron chi connectivity index (χ0n) is 23.6. The largest absolute Gasteiger partial charge is 0.631 e. The fraction of sp³-hybridized carbons (Fsp3) is 0.517. The first-order valence-corrected chi connectivity index (χ1v) is 14.0. The van der Waals surface area contributed by atoms with Crippen molar-refractivity contribution in [2.24, 2.45) is 5.92 Å². The number of carbonyl (C=O) groups excluding carboxylic acids is 2. The van der Waals surface area contributed by atoms with Gasteiger partial charge in [0.25, 0.3) is 6.43 Å². The maximum absolute atomic E-state index is 13.9. The van der Waals surface area contributed by atoms with Crippen molar-refractivity contribution in [2.45, 2.75) is 62.8 Å². The number of nitrogens with one attached hydrogen (secondary N) is 3. The highest BCUT2D eigenvalue weighted by molar-refractivity contribution is 5.98. The van der Waals surface area contributed by atoms with Crippen LogP contribution in [0.1, 0.15) is 42.9 Å². The van der Waals surface area contributed by atoms with Gasteiger partial charge >= 0.3 is 6.09 Å². The zero-order chi connectivity index (χ0) is 31.2. The third-order valence-electron chi connectivity index (χ3n) is 7.99. The Balaban J connectivity index is 1.52. The van der Waals surface area contributed by atoms with Crippen LogP contribution < -0.4 is 16.0 Å². The molecule has 43 heavy (non-hydrogen) atoms. The molecule has 0 spiro atoms. The molecule has 10 nitrogen and oxygen atoms in total. The molecular weight excluding hydrogens is 576 g/mol. The molecule has 14 heteroatoms. The van der Waals surface area contributed by atoms with Gasteiger partial charge in [-0.15, -0.1) is 0 Å². The van der Waals surface area contributed by atoms with E-state index in [0.717, 1.165) is 0 Å². The molecule has 4 rings (SSSR count). The van der Waals surface area contributed by atoms with Gasteiger partial charge in [0, 0.05) is 25.5 Å². The Hall–Kier alpha value is -3.46. The topological polar surface area (TPSA) is 132 Å². The minimum Gasteiger partial charge on any atom is -0.631 e. The Kier molecular flexibility index (Phi) is 10.5. The average molecular weight is 613 g/mol. The molecule has 1 heterocycles. The van der Waals surface area contributed by atoms with E-state index >= 15 is 0 Å². The molecule has 4 N–H and O–H groups in total. The van der Waals surface area contributed by atoms with Gasteiger partial charge in [0.2, 0.25) is 11.8 Å². The van der Waals surface area contributed by atoms with Crippen molar-refractivity contribution in [3.8, 4) is 5.75 Å². The number of hydrogen-bond acceptors (Lipinski definition) is 7. The summed E-state index contributed by atoms with van der Waals surface area (Å²) >= 11 is 0. The van der Waals surface area contributed by atoms with Gasteiger partial charge in [-0.3, -0.25) is 10.1 Å². The summed E-state index contributed by atoms with van der Waals surface area (Å²) in [5.74, 6) is -4.67. The normalized spacial score (nSPS) is 23.5. The van der Waals surface area contributed by atoms with Gasteiger partial charge < -0.3 is 35.1 Å². The number of quaternary nitrogens is 1. The van der Waals surface area contributed by atoms with E-state index in [1.807, 2.05) is 0 Å². The second-order valence-electron chi connectivity index (χ2n) is 11.1. The van der Waals surface area contributed by atoms with Crippen molar-refractivity contribution in [1.82, 2.24) is 10.6 Å². The highest BCUT2D eigenvalue weighted by Gasteiger charge is 2.43. The Morgan fingerprint density at radius 1 is 1.16 bits per heavy atom. The molecule has 1 aliphatic carbocycles. The number of phenolic OH excluding ortho intramolecular Hbond substituents is 1. The molecule has 0 bridgehead atoms. The number of alkyl halides is 4. The Morgan fingerprint density at radius 2 is 1.86 bits per heavy atom. The summed E-state index contributed by atoms with van der Waals surface area (Å²) in [7, 11) is 1.36. The second-order valence-corrected chi connectivity index (χ2v) is 11.1. The molecule has 1 aliphatic heterocycles. The van der Waals surface area contributed by atoms with Crippen molar-refractivity contribution in [2.75, 3.05) is 32.2 Å². The second kappa shape index (κ2) is 13.9. The van der Waals surface area contributed by atoms with E-state index in [1.54, 1.807) is 30.3 Å². The fourth-order valence-electron chi connectivity index (χ4n) is 5.56. The molecule has 2 aliphatic rings. The van der Waals surface area contributed by atoms with Crippen molar-refractivity contribution in [3.05, 3.63) is 64.9 Å². The molecule has 2 aromatic carbocycles. The third-order valence-corrected chi connectivity index (χ3v) is 7.99. The van der Waals surface area contributed by atoms with Crippen molar-refractivity contribution in [1.29, 1.82) is 0 Å². The quantitative estimate of drug-likeness (QED) is 0.126. The van der Waals surface area contributed by atoms with Crippen LogP contribution in [0.3, 0.4) is 0 Å². The first kappa shape index (κ1) is 32.5. The van der Waals surface area contributed by atoms with Crippen LogP contribution >= 0.6 is 0 Å². The number of aromatic hydroxyl groups is 1. The number of methoxy groups -OCH3 is 1. The van der Waals surface area contributed by atoms with Gasteiger partial charge in [-0.25, -0.2) is 22.4 Å². The summed E-state index contributed by atoms with van der Waals surface area (Å²) in [6.07, 6.45) is -4.67. The van der Waals surface area contributed by atoms with E-state index < -0.39 is 72.4 Å². The number of halogens is 4. The highest BCUT2D eigenvalue weighted by atomic mass is 19.3. The molecule has 0 radical (unpaired) electrons. The molecule has 2 fully saturated rings. The standard InChI is InChI=1S/C29H36F4N4O6/c1-42-16-23(37(41)14-22(26(30)31)34-17-37)20-7-8-24(38)21(13-20)35-27(39)25(19-9-11-29(32,33)12-10-19)36-28(40)43-15-18-5-3-2-4-6-18/h2-8,13,19,22-23,25-26,34,38H,9-12,14-17H2,1H3,(H,35,39)(H,36,40)/t22-,23?,25-,37?/m0/s1. The molecule has 1 saturated carbocycles. The van der Waals surface area contributed by atoms with Crippen LogP contribution in [-0.2, 0) is 20.9 Å². The number of phenols is 1. The number of anilines is 1. The van der Waals surface area contributed by atoms with Gasteiger partial charge in [-0.2, -0.15) is 0 Å². The number of rotatable bonds is 11. The van der Waals surface area contributed by atoms with Crippen LogP contribution in [0.5, 0.6) is 5.75 Å². The summed E-state index contributed by atoms with van der Waals surface area (Å²) in [6.45, 7) is -0.927. The molecule has 0 aromatic heterocycles. The number of hydroxylamine groups is 3. The number of amides is 2. The summed E-state index contributed by atoms with van der Waals surface area (Å²) in [5.41, 5.74) is 0.902. The van der Waals surface area contributed by atoms with Crippen LogP contribution in [0.15, 0.2) is 48.5 Å². The lowest BCUT2D eigenvalue weighted by atomic mass is 9.81. The molecule has 1 saturated heterocycles. The van der Waals surface area contributed by atoms with Crippen molar-refractivity contribution >= 4 is 17.7 Å². The highest BCUT2D eigenvalue weighted by Crippen LogP contribution is 2.39. The van der Waals surface area contributed by atoms with Crippen LogP contribution in [0, 0.1) is 11.1 Å². The molecule has 2 aromatic rings. The van der Waals surface area contributed by atoms with E-state index in [1.165, 1.54) is 25.3 Å². The Labute approximate surface area is 246 Å². The summed E-state index contributed by atoms with van der Waals surface area (Å²) in [6, 6.07) is 9.28. The van der Waals surface area contributed by atoms with E-state index in [4.69, 9.17) is 9.47 Å². The molecular formula is C29H36F4N4O6. The molecule has 236 valence electrons. The lowest BCUT2D eigenvalue weighted by Crippen LogP contribution is -2.50. The smallest absolute Gasteiger partial charge is 0.408 e. The van der Waals surface area contributed by atoms with E-state index in [2.05, 4.69) is 16.0 Å². The van der Waals surface area contributed by atoms with Crippen LogP contribution in [0.4, 0.5) is 28.0 Å². The van der Waals surface area contributed by atoms with Gasteiger partial charge in [-0.05, 0) is 42.5 Å². The van der Waals surface area contributed by atoms with Crippen molar-refractivity contribution < 1.29 is 46.4 Å². The molecule has 2 amide bonds. The Morgan fingerprint density at radius 3 is 2.49 bits per heavy atom. The van der Waals surface area contributed by atoms with Crippen LogP contribution in [0.25, 0.3) is 0 Å². The number of benzene rings is 2. The third kappa shape index (κ3) is 8.34. The zero-order valence-corrected chi connectivity index (χ0v) is 23.6. The first-order chi connectivity index (χ1) is 20.4. The van der Waals surface area contributed by atoms with Gasteiger partial charge in [0.1, 0.15) is 50.3 Å². The minimum absolute atomic E-state index is 0.0412. The number of ether oxygens (including phenoxy) is 2. The summed E-state index contributed by atoms with van der Waals surface area (Å²) < 4.78 is 63.8. The van der Waals surface area contributed by atoms with E-state index in [-0.39, 0.29) is 44.2 Å². The maximum atomic E-state index is 13.9. The maximum Gasteiger partial charge on any atom is 0.408 e. The number of carbonyl (C=O) groups is 2. The SMILES string of the molecule is COCC(c1ccc(O)c(NC(=O)[C@@H](NC(=O)OCc2ccccc2)C2CCC(F)(F)CC2)c1)[N+]1([O-])CN[C@H](C(F)F)C1. The monoisotopic (exact) mass is 612 g/mol. The lowest BCUT2D eigenvalue weighted by Gasteiger charge is -2.44.